The lowest BCUT2D eigenvalue weighted by atomic mass is 10.1. The Hall–Kier alpha value is -0.380. The van der Waals surface area contributed by atoms with Crippen molar-refractivity contribution in [1.82, 2.24) is 5.32 Å². The van der Waals surface area contributed by atoms with Gasteiger partial charge in [0, 0.05) is 17.6 Å². The predicted molar refractivity (Wildman–Crippen MR) is 69.3 cm³/mol. The highest BCUT2D eigenvalue weighted by molar-refractivity contribution is 9.10. The molecule has 16 heavy (non-hydrogen) atoms. The largest absolute Gasteiger partial charge is 0.392 e. The maximum atomic E-state index is 9.70. The molecule has 0 spiro atoms. The molecular formula is C13H18BrNO. The van der Waals surface area contributed by atoms with Gasteiger partial charge >= 0.3 is 0 Å². The Labute approximate surface area is 105 Å². The quantitative estimate of drug-likeness (QED) is 0.871. The van der Waals surface area contributed by atoms with Crippen LogP contribution in [0.25, 0.3) is 0 Å². The predicted octanol–water partition coefficient (Wildman–Crippen LogP) is 2.62. The number of hydrogen-bond donors (Lipinski definition) is 2. The minimum atomic E-state index is -0.156. The van der Waals surface area contributed by atoms with Gasteiger partial charge in [-0.15, -0.1) is 0 Å². The Morgan fingerprint density at radius 2 is 2.25 bits per heavy atom. The van der Waals surface area contributed by atoms with E-state index in [1.807, 2.05) is 0 Å². The van der Waals surface area contributed by atoms with E-state index in [4.69, 9.17) is 0 Å². The van der Waals surface area contributed by atoms with Crippen LogP contribution >= 0.6 is 15.9 Å². The van der Waals surface area contributed by atoms with Gasteiger partial charge < -0.3 is 10.4 Å². The molecule has 0 bridgehead atoms. The molecular weight excluding hydrogens is 266 g/mol. The van der Waals surface area contributed by atoms with Gasteiger partial charge in [-0.3, -0.25) is 0 Å². The zero-order chi connectivity index (χ0) is 11.5. The van der Waals surface area contributed by atoms with Gasteiger partial charge in [-0.05, 0) is 42.9 Å². The fraction of sp³-hybridized carbons (Fsp3) is 0.538. The van der Waals surface area contributed by atoms with Crippen LogP contribution in [0, 0.1) is 12.8 Å². The second-order valence-electron chi connectivity index (χ2n) is 4.62. The Kier molecular flexibility index (Phi) is 4.00. The first-order valence-corrected chi connectivity index (χ1v) is 6.60. The van der Waals surface area contributed by atoms with Crippen molar-refractivity contribution in [3.63, 3.8) is 0 Å². The molecule has 3 heteroatoms. The van der Waals surface area contributed by atoms with E-state index in [-0.39, 0.29) is 6.10 Å². The van der Waals surface area contributed by atoms with E-state index in [1.54, 1.807) is 0 Å². The number of nitrogens with one attached hydrogen (secondary N) is 1. The molecule has 1 aromatic carbocycles. The molecule has 1 unspecified atom stereocenters. The standard InChI is InChI=1S/C13H18BrNO/c1-9-6-10(2-5-12(9)14)7-15-8-13(16)11-3-4-11/h2,5-6,11,13,15-16H,3-4,7-8H2,1H3. The molecule has 1 fully saturated rings. The highest BCUT2D eigenvalue weighted by atomic mass is 79.9. The van der Waals surface area contributed by atoms with Crippen molar-refractivity contribution in [1.29, 1.82) is 0 Å². The molecule has 2 N–H and O–H groups in total. The number of aliphatic hydroxyl groups is 1. The molecule has 0 aliphatic heterocycles. The van der Waals surface area contributed by atoms with Crippen LogP contribution < -0.4 is 5.32 Å². The molecule has 0 amide bonds. The van der Waals surface area contributed by atoms with Crippen LogP contribution in [0.3, 0.4) is 0 Å². The molecule has 1 atom stereocenters. The number of aliphatic hydroxyl groups excluding tert-OH is 1. The van der Waals surface area contributed by atoms with Crippen molar-refractivity contribution in [2.75, 3.05) is 6.54 Å². The van der Waals surface area contributed by atoms with Crippen LogP contribution in [-0.4, -0.2) is 17.8 Å². The van der Waals surface area contributed by atoms with E-state index in [0.717, 1.165) is 11.0 Å². The number of benzene rings is 1. The van der Waals surface area contributed by atoms with E-state index in [2.05, 4.69) is 46.4 Å². The maximum absolute atomic E-state index is 9.70. The summed E-state index contributed by atoms with van der Waals surface area (Å²) in [6.45, 7) is 3.63. The zero-order valence-electron chi connectivity index (χ0n) is 9.54. The Balaban J connectivity index is 1.78. The fourth-order valence-electron chi connectivity index (χ4n) is 1.83. The highest BCUT2D eigenvalue weighted by Gasteiger charge is 2.28. The van der Waals surface area contributed by atoms with Gasteiger partial charge in [0.1, 0.15) is 0 Å². The van der Waals surface area contributed by atoms with Crippen LogP contribution in [0.15, 0.2) is 22.7 Å². The summed E-state index contributed by atoms with van der Waals surface area (Å²) >= 11 is 3.49. The molecule has 1 aromatic rings. The highest BCUT2D eigenvalue weighted by Crippen LogP contribution is 2.32. The van der Waals surface area contributed by atoms with Crippen molar-refractivity contribution >= 4 is 15.9 Å². The van der Waals surface area contributed by atoms with Gasteiger partial charge in [0.2, 0.25) is 0 Å². The third-order valence-corrected chi connectivity index (χ3v) is 3.96. The molecule has 0 heterocycles. The summed E-state index contributed by atoms with van der Waals surface area (Å²) in [4.78, 5) is 0. The second kappa shape index (κ2) is 5.30. The molecule has 2 nitrogen and oxygen atoms in total. The normalized spacial score (nSPS) is 17.4. The first-order valence-electron chi connectivity index (χ1n) is 5.80. The van der Waals surface area contributed by atoms with Gasteiger partial charge in [-0.2, -0.15) is 0 Å². The summed E-state index contributed by atoms with van der Waals surface area (Å²) in [5.41, 5.74) is 2.52. The van der Waals surface area contributed by atoms with Gasteiger partial charge in [-0.1, -0.05) is 28.1 Å². The summed E-state index contributed by atoms with van der Waals surface area (Å²) in [6, 6.07) is 6.35. The number of hydrogen-bond acceptors (Lipinski definition) is 2. The third-order valence-electron chi connectivity index (χ3n) is 3.07. The SMILES string of the molecule is Cc1cc(CNCC(O)C2CC2)ccc1Br. The molecule has 0 saturated heterocycles. The van der Waals surface area contributed by atoms with Gasteiger partial charge in [-0.25, -0.2) is 0 Å². The topological polar surface area (TPSA) is 32.3 Å². The summed E-state index contributed by atoms with van der Waals surface area (Å²) in [7, 11) is 0. The molecule has 2 rings (SSSR count). The van der Waals surface area contributed by atoms with Gasteiger partial charge in [0.25, 0.3) is 0 Å². The van der Waals surface area contributed by atoms with E-state index in [0.29, 0.717) is 12.5 Å². The number of aryl methyl sites for hydroxylation is 1. The van der Waals surface area contributed by atoms with E-state index < -0.39 is 0 Å². The molecule has 88 valence electrons. The van der Waals surface area contributed by atoms with Crippen LogP contribution in [0.5, 0.6) is 0 Å². The average Bonchev–Trinajstić information content (AvgIpc) is 3.07. The van der Waals surface area contributed by atoms with Gasteiger partial charge in [0.15, 0.2) is 0 Å². The van der Waals surface area contributed by atoms with Gasteiger partial charge in [0.05, 0.1) is 6.10 Å². The number of rotatable bonds is 5. The van der Waals surface area contributed by atoms with E-state index in [9.17, 15) is 5.11 Å². The second-order valence-corrected chi connectivity index (χ2v) is 5.47. The van der Waals surface area contributed by atoms with Crippen molar-refractivity contribution in [3.05, 3.63) is 33.8 Å². The van der Waals surface area contributed by atoms with Crippen molar-refractivity contribution in [2.45, 2.75) is 32.4 Å². The Morgan fingerprint density at radius 3 is 2.88 bits per heavy atom. The molecule has 0 aromatic heterocycles. The first kappa shape index (κ1) is 12.1. The molecule has 1 saturated carbocycles. The zero-order valence-corrected chi connectivity index (χ0v) is 11.1. The minimum Gasteiger partial charge on any atom is -0.392 e. The lowest BCUT2D eigenvalue weighted by Crippen LogP contribution is -2.27. The van der Waals surface area contributed by atoms with Crippen LogP contribution in [0.2, 0.25) is 0 Å². The Morgan fingerprint density at radius 1 is 1.50 bits per heavy atom. The van der Waals surface area contributed by atoms with E-state index in [1.165, 1.54) is 24.0 Å². The minimum absolute atomic E-state index is 0.156. The average molecular weight is 284 g/mol. The van der Waals surface area contributed by atoms with Crippen molar-refractivity contribution in [3.8, 4) is 0 Å². The smallest absolute Gasteiger partial charge is 0.0692 e. The molecule has 0 radical (unpaired) electrons. The maximum Gasteiger partial charge on any atom is 0.0692 e. The van der Waals surface area contributed by atoms with E-state index >= 15 is 0 Å². The lowest BCUT2D eigenvalue weighted by Gasteiger charge is -2.11. The van der Waals surface area contributed by atoms with Crippen LogP contribution in [0.4, 0.5) is 0 Å². The van der Waals surface area contributed by atoms with Crippen molar-refractivity contribution in [2.24, 2.45) is 5.92 Å². The number of halogens is 1. The Bertz CT molecular complexity index is 363. The van der Waals surface area contributed by atoms with Crippen LogP contribution in [0.1, 0.15) is 24.0 Å². The van der Waals surface area contributed by atoms with Crippen LogP contribution in [-0.2, 0) is 6.54 Å². The molecule has 1 aliphatic carbocycles. The summed E-state index contributed by atoms with van der Waals surface area (Å²) in [5, 5.41) is 13.0. The monoisotopic (exact) mass is 283 g/mol. The summed E-state index contributed by atoms with van der Waals surface area (Å²) < 4.78 is 1.15. The molecule has 1 aliphatic rings. The third kappa shape index (κ3) is 3.30. The van der Waals surface area contributed by atoms with Crippen molar-refractivity contribution < 1.29 is 5.11 Å². The summed E-state index contributed by atoms with van der Waals surface area (Å²) in [6.07, 6.45) is 2.23. The summed E-state index contributed by atoms with van der Waals surface area (Å²) in [5.74, 6) is 0.555. The lowest BCUT2D eigenvalue weighted by molar-refractivity contribution is 0.148. The fourth-order valence-corrected chi connectivity index (χ4v) is 2.08. The first-order chi connectivity index (χ1) is 7.66.